The van der Waals surface area contributed by atoms with E-state index in [0.29, 0.717) is 39.5 Å². The summed E-state index contributed by atoms with van der Waals surface area (Å²) in [6.07, 6.45) is 3.16. The second-order valence-electron chi connectivity index (χ2n) is 7.26. The largest absolute Gasteiger partial charge is 0.463 e. The van der Waals surface area contributed by atoms with E-state index in [1.165, 1.54) is 23.5 Å². The van der Waals surface area contributed by atoms with Gasteiger partial charge in [-0.2, -0.15) is 0 Å². The van der Waals surface area contributed by atoms with E-state index in [-0.39, 0.29) is 12.2 Å². The Morgan fingerprint density at radius 1 is 1.44 bits per heavy atom. The standard InChI is InChI=1S/C20H20BrFN4O4S2/c1-3-30-20(27)15-16(12-5-4-11(22)10-13(12)21)24-18(19-23-7-9-31-19)26-8-6-14(17(15)26)25-32(2,28)29/h4-5,7,9-10,14,16,25H,3,6,8H2,1-2H3/t14-,16-/m0/s1. The van der Waals surface area contributed by atoms with E-state index in [0.717, 1.165) is 6.26 Å². The van der Waals surface area contributed by atoms with Gasteiger partial charge in [-0.05, 0) is 31.0 Å². The number of carbonyl (C=O) groups is 1. The molecular formula is C20H20BrFN4O4S2. The van der Waals surface area contributed by atoms with Crippen LogP contribution in [0.3, 0.4) is 0 Å². The van der Waals surface area contributed by atoms with Gasteiger partial charge in [0.25, 0.3) is 0 Å². The SMILES string of the molecule is CCOC(=O)C1=C2[C@@H](NS(C)(=O)=O)CCN2C(c2nccs2)=N[C@H]1c1ccc(F)cc1Br. The summed E-state index contributed by atoms with van der Waals surface area (Å²) in [4.78, 5) is 24.2. The molecular weight excluding hydrogens is 523 g/mol. The van der Waals surface area contributed by atoms with E-state index < -0.39 is 33.9 Å². The van der Waals surface area contributed by atoms with Crippen LogP contribution in [0.2, 0.25) is 0 Å². The summed E-state index contributed by atoms with van der Waals surface area (Å²) in [7, 11) is -3.56. The minimum absolute atomic E-state index is 0.139. The van der Waals surface area contributed by atoms with Crippen molar-refractivity contribution in [3.63, 3.8) is 0 Å². The minimum atomic E-state index is -3.56. The Morgan fingerprint density at radius 2 is 2.22 bits per heavy atom. The number of halogens is 2. The molecule has 8 nitrogen and oxygen atoms in total. The van der Waals surface area contributed by atoms with Crippen LogP contribution >= 0.6 is 27.3 Å². The molecule has 0 unspecified atom stereocenters. The monoisotopic (exact) mass is 542 g/mol. The fraction of sp³-hybridized carbons (Fsp3) is 0.350. The average molecular weight is 543 g/mol. The predicted octanol–water partition coefficient (Wildman–Crippen LogP) is 2.99. The number of sulfonamides is 1. The summed E-state index contributed by atoms with van der Waals surface area (Å²) in [5.74, 6) is -0.509. The molecule has 32 heavy (non-hydrogen) atoms. The summed E-state index contributed by atoms with van der Waals surface area (Å²) < 4.78 is 46.3. The number of esters is 1. The van der Waals surface area contributed by atoms with Crippen LogP contribution in [0.5, 0.6) is 0 Å². The molecule has 1 saturated heterocycles. The van der Waals surface area contributed by atoms with Crippen LogP contribution in [0.1, 0.15) is 30.0 Å². The van der Waals surface area contributed by atoms with E-state index in [1.54, 1.807) is 19.2 Å². The van der Waals surface area contributed by atoms with Crippen LogP contribution < -0.4 is 4.72 Å². The van der Waals surface area contributed by atoms with Gasteiger partial charge in [0.05, 0.1) is 30.2 Å². The third-order valence-electron chi connectivity index (χ3n) is 5.05. The molecule has 0 spiro atoms. The summed E-state index contributed by atoms with van der Waals surface area (Å²) in [5.41, 5.74) is 1.26. The molecule has 170 valence electrons. The summed E-state index contributed by atoms with van der Waals surface area (Å²) in [5, 5.41) is 2.45. The Hall–Kier alpha value is -2.15. The maximum absolute atomic E-state index is 13.8. The number of rotatable bonds is 6. The molecule has 2 aliphatic heterocycles. The number of hydrogen-bond acceptors (Lipinski definition) is 8. The zero-order valence-corrected chi connectivity index (χ0v) is 20.4. The minimum Gasteiger partial charge on any atom is -0.463 e. The number of fused-ring (bicyclic) bond motifs is 1. The second-order valence-corrected chi connectivity index (χ2v) is 10.8. The van der Waals surface area contributed by atoms with Gasteiger partial charge in [-0.1, -0.05) is 22.0 Å². The third kappa shape index (κ3) is 4.49. The number of ether oxygens (including phenoxy) is 1. The molecule has 1 aromatic heterocycles. The van der Waals surface area contributed by atoms with Crippen LogP contribution in [0.25, 0.3) is 0 Å². The Labute approximate surface area is 197 Å². The van der Waals surface area contributed by atoms with Crippen molar-refractivity contribution in [1.29, 1.82) is 0 Å². The van der Waals surface area contributed by atoms with Crippen LogP contribution in [-0.2, 0) is 19.6 Å². The van der Waals surface area contributed by atoms with E-state index >= 15 is 0 Å². The number of benzene rings is 1. The first kappa shape index (κ1) is 23.0. The fourth-order valence-corrected chi connectivity index (χ4v) is 5.86. The molecule has 4 rings (SSSR count). The van der Waals surface area contributed by atoms with Crippen LogP contribution in [-0.4, -0.2) is 55.6 Å². The van der Waals surface area contributed by atoms with Gasteiger partial charge in [0.2, 0.25) is 10.0 Å². The van der Waals surface area contributed by atoms with Crippen molar-refractivity contribution in [2.45, 2.75) is 25.4 Å². The molecule has 0 amide bonds. The van der Waals surface area contributed by atoms with Crippen LogP contribution in [0.15, 0.2) is 50.5 Å². The maximum Gasteiger partial charge on any atom is 0.338 e. The molecule has 0 saturated carbocycles. The van der Waals surface area contributed by atoms with Crippen molar-refractivity contribution in [1.82, 2.24) is 14.6 Å². The number of nitrogens with zero attached hydrogens (tertiary/aromatic N) is 3. The zero-order valence-electron chi connectivity index (χ0n) is 17.2. The number of aliphatic imine (C=N–C) groups is 1. The lowest BCUT2D eigenvalue weighted by Gasteiger charge is -2.33. The van der Waals surface area contributed by atoms with Gasteiger partial charge in [-0.15, -0.1) is 11.3 Å². The van der Waals surface area contributed by atoms with E-state index in [2.05, 4.69) is 25.6 Å². The van der Waals surface area contributed by atoms with Gasteiger partial charge in [-0.3, -0.25) is 4.99 Å². The summed E-state index contributed by atoms with van der Waals surface area (Å²) in [6.45, 7) is 2.28. The first-order valence-corrected chi connectivity index (χ1v) is 13.3. The number of aromatic nitrogens is 1. The number of nitrogens with one attached hydrogen (secondary N) is 1. The first-order chi connectivity index (χ1) is 15.2. The topological polar surface area (TPSA) is 101 Å². The fourth-order valence-electron chi connectivity index (χ4n) is 3.90. The Morgan fingerprint density at radius 3 is 2.84 bits per heavy atom. The maximum atomic E-state index is 13.8. The highest BCUT2D eigenvalue weighted by molar-refractivity contribution is 9.10. The number of carbonyl (C=O) groups excluding carboxylic acids is 1. The van der Waals surface area contributed by atoms with Crippen LogP contribution in [0, 0.1) is 5.82 Å². The van der Waals surface area contributed by atoms with Gasteiger partial charge >= 0.3 is 5.97 Å². The number of hydrogen-bond donors (Lipinski definition) is 1. The van der Waals surface area contributed by atoms with E-state index in [9.17, 15) is 17.6 Å². The highest BCUT2D eigenvalue weighted by atomic mass is 79.9. The molecule has 2 atom stereocenters. The Kier molecular flexibility index (Phi) is 6.48. The van der Waals surface area contributed by atoms with Gasteiger partial charge in [0, 0.05) is 22.6 Å². The molecule has 1 N–H and O–H groups in total. The third-order valence-corrected chi connectivity index (χ3v) is 7.22. The molecule has 1 aromatic carbocycles. The molecule has 0 bridgehead atoms. The smallest absolute Gasteiger partial charge is 0.338 e. The molecule has 2 aliphatic rings. The van der Waals surface area contributed by atoms with Crippen LogP contribution in [0.4, 0.5) is 4.39 Å². The summed E-state index contributed by atoms with van der Waals surface area (Å²) in [6, 6.07) is 2.66. The first-order valence-electron chi connectivity index (χ1n) is 9.78. The van der Waals surface area contributed by atoms with Crippen molar-refractivity contribution in [2.24, 2.45) is 4.99 Å². The van der Waals surface area contributed by atoms with E-state index in [1.807, 2.05) is 10.3 Å². The normalized spacial score (nSPS) is 20.9. The van der Waals surface area contributed by atoms with E-state index in [4.69, 9.17) is 9.73 Å². The lowest BCUT2D eigenvalue weighted by molar-refractivity contribution is -0.139. The molecule has 0 radical (unpaired) electrons. The molecule has 3 heterocycles. The number of amidine groups is 1. The number of thiazole rings is 1. The zero-order chi connectivity index (χ0) is 23.0. The highest BCUT2D eigenvalue weighted by Gasteiger charge is 2.44. The van der Waals surface area contributed by atoms with Crippen molar-refractivity contribution in [3.8, 4) is 0 Å². The van der Waals surface area contributed by atoms with Gasteiger partial charge in [-0.25, -0.2) is 27.3 Å². The van der Waals surface area contributed by atoms with Crippen molar-refractivity contribution >= 4 is 49.1 Å². The van der Waals surface area contributed by atoms with Gasteiger partial charge in [0.15, 0.2) is 10.8 Å². The lowest BCUT2D eigenvalue weighted by Crippen LogP contribution is -2.41. The second kappa shape index (κ2) is 9.00. The predicted molar refractivity (Wildman–Crippen MR) is 122 cm³/mol. The highest BCUT2D eigenvalue weighted by Crippen LogP contribution is 2.42. The molecule has 2 aromatic rings. The van der Waals surface area contributed by atoms with Crippen molar-refractivity contribution in [3.05, 3.63) is 61.9 Å². The average Bonchev–Trinajstić information content (AvgIpc) is 3.37. The molecule has 0 aliphatic carbocycles. The van der Waals surface area contributed by atoms with Crippen molar-refractivity contribution in [2.75, 3.05) is 19.4 Å². The molecule has 1 fully saturated rings. The summed E-state index contributed by atoms with van der Waals surface area (Å²) >= 11 is 4.77. The van der Waals surface area contributed by atoms with Crippen molar-refractivity contribution < 1.29 is 22.3 Å². The molecule has 12 heteroatoms. The van der Waals surface area contributed by atoms with Gasteiger partial charge < -0.3 is 9.64 Å². The Bertz CT molecular complexity index is 1210. The van der Waals surface area contributed by atoms with Gasteiger partial charge in [0.1, 0.15) is 11.9 Å². The lowest BCUT2D eigenvalue weighted by atomic mass is 9.93. The quantitative estimate of drug-likeness (QED) is 0.563. The Balaban J connectivity index is 1.95.